The van der Waals surface area contributed by atoms with Gasteiger partial charge in [0.15, 0.2) is 0 Å². The fraction of sp³-hybridized carbons (Fsp3) is 0.188. The lowest BCUT2D eigenvalue weighted by atomic mass is 10.2. The number of carbonyl (C=O) groups excluding carboxylic acids is 1. The maximum atomic E-state index is 12.6. The summed E-state index contributed by atoms with van der Waals surface area (Å²) >= 11 is 3.27. The summed E-state index contributed by atoms with van der Waals surface area (Å²) in [6.45, 7) is 0.253. The number of alkyl halides is 3. The Kier molecular flexibility index (Phi) is 5.65. The van der Waals surface area contributed by atoms with Crippen molar-refractivity contribution < 1.29 is 22.7 Å². The fourth-order valence-electron chi connectivity index (χ4n) is 1.83. The Labute approximate surface area is 139 Å². The number of amides is 1. The van der Waals surface area contributed by atoms with Crippen molar-refractivity contribution >= 4 is 21.8 Å². The van der Waals surface area contributed by atoms with E-state index in [4.69, 9.17) is 4.74 Å². The van der Waals surface area contributed by atoms with E-state index in [1.54, 1.807) is 24.3 Å². The SMILES string of the molecule is O=C(NCCOc1cccc(C(F)(F)F)c1)c1cccc(Br)c1. The first-order valence-electron chi connectivity index (χ1n) is 6.70. The quantitative estimate of drug-likeness (QED) is 0.777. The van der Waals surface area contributed by atoms with Gasteiger partial charge in [0, 0.05) is 10.0 Å². The largest absolute Gasteiger partial charge is 0.492 e. The monoisotopic (exact) mass is 387 g/mol. The van der Waals surface area contributed by atoms with Crippen LogP contribution in [0.4, 0.5) is 13.2 Å². The van der Waals surface area contributed by atoms with Crippen LogP contribution in [0, 0.1) is 0 Å². The minimum Gasteiger partial charge on any atom is -0.492 e. The minimum atomic E-state index is -4.41. The smallest absolute Gasteiger partial charge is 0.416 e. The summed E-state index contributed by atoms with van der Waals surface area (Å²) in [5.74, 6) is -0.171. The molecule has 0 atom stereocenters. The fourth-order valence-corrected chi connectivity index (χ4v) is 2.23. The lowest BCUT2D eigenvalue weighted by Crippen LogP contribution is -2.28. The predicted molar refractivity (Wildman–Crippen MR) is 83.4 cm³/mol. The van der Waals surface area contributed by atoms with Gasteiger partial charge < -0.3 is 10.1 Å². The number of hydrogen-bond acceptors (Lipinski definition) is 2. The van der Waals surface area contributed by atoms with Crippen molar-refractivity contribution in [3.05, 3.63) is 64.1 Å². The van der Waals surface area contributed by atoms with Gasteiger partial charge in [0.25, 0.3) is 5.91 Å². The van der Waals surface area contributed by atoms with Gasteiger partial charge in [-0.05, 0) is 36.4 Å². The van der Waals surface area contributed by atoms with Crippen molar-refractivity contribution in [2.24, 2.45) is 0 Å². The highest BCUT2D eigenvalue weighted by atomic mass is 79.9. The molecule has 122 valence electrons. The molecular formula is C16H13BrF3NO2. The first kappa shape index (κ1) is 17.3. The van der Waals surface area contributed by atoms with Crippen LogP contribution >= 0.6 is 15.9 Å². The normalized spacial score (nSPS) is 11.1. The Morgan fingerprint density at radius 1 is 1.13 bits per heavy atom. The zero-order chi connectivity index (χ0) is 16.9. The summed E-state index contributed by atoms with van der Waals surface area (Å²) in [6.07, 6.45) is -4.41. The van der Waals surface area contributed by atoms with Gasteiger partial charge in [-0.1, -0.05) is 28.1 Å². The summed E-state index contributed by atoms with van der Waals surface area (Å²) in [5, 5.41) is 2.63. The van der Waals surface area contributed by atoms with E-state index in [0.29, 0.717) is 5.56 Å². The van der Waals surface area contributed by atoms with E-state index in [1.807, 2.05) is 0 Å². The molecule has 0 radical (unpaired) electrons. The molecule has 3 nitrogen and oxygen atoms in total. The number of halogens is 4. The van der Waals surface area contributed by atoms with Crippen LogP contribution in [-0.4, -0.2) is 19.1 Å². The van der Waals surface area contributed by atoms with Gasteiger partial charge in [0.05, 0.1) is 12.1 Å². The highest BCUT2D eigenvalue weighted by Crippen LogP contribution is 2.31. The second-order valence-corrected chi connectivity index (χ2v) is 5.56. The van der Waals surface area contributed by atoms with E-state index in [0.717, 1.165) is 16.6 Å². The Morgan fingerprint density at radius 3 is 2.57 bits per heavy atom. The van der Waals surface area contributed by atoms with Crippen LogP contribution in [0.3, 0.4) is 0 Å². The Morgan fingerprint density at radius 2 is 1.87 bits per heavy atom. The Bertz CT molecular complexity index is 689. The molecule has 0 aromatic heterocycles. The molecule has 0 saturated carbocycles. The summed E-state index contributed by atoms with van der Waals surface area (Å²) in [5.41, 5.74) is -0.286. The second kappa shape index (κ2) is 7.50. The highest BCUT2D eigenvalue weighted by molar-refractivity contribution is 9.10. The van der Waals surface area contributed by atoms with E-state index in [9.17, 15) is 18.0 Å². The molecule has 0 aliphatic rings. The Hall–Kier alpha value is -2.02. The molecule has 0 saturated heterocycles. The minimum absolute atomic E-state index is 0.0705. The van der Waals surface area contributed by atoms with Crippen LogP contribution in [-0.2, 0) is 6.18 Å². The molecule has 0 aliphatic heterocycles. The van der Waals surface area contributed by atoms with Crippen molar-refractivity contribution in [3.63, 3.8) is 0 Å². The zero-order valence-corrected chi connectivity index (χ0v) is 13.4. The molecule has 7 heteroatoms. The lowest BCUT2D eigenvalue weighted by Gasteiger charge is -2.11. The second-order valence-electron chi connectivity index (χ2n) is 4.64. The van der Waals surface area contributed by atoms with Crippen LogP contribution in [0.15, 0.2) is 53.0 Å². The number of nitrogens with one attached hydrogen (secondary N) is 1. The topological polar surface area (TPSA) is 38.3 Å². The number of carbonyl (C=O) groups is 1. The summed E-state index contributed by atoms with van der Waals surface area (Å²) in [6, 6.07) is 11.5. The third-order valence-corrected chi connectivity index (χ3v) is 3.40. The van der Waals surface area contributed by atoms with Gasteiger partial charge in [-0.15, -0.1) is 0 Å². The molecule has 2 aromatic carbocycles. The molecule has 2 aromatic rings. The summed E-state index contributed by atoms with van der Waals surface area (Å²) in [4.78, 5) is 11.9. The van der Waals surface area contributed by atoms with Gasteiger partial charge in [-0.25, -0.2) is 0 Å². The zero-order valence-electron chi connectivity index (χ0n) is 11.9. The number of benzene rings is 2. The average molecular weight is 388 g/mol. The van der Waals surface area contributed by atoms with E-state index >= 15 is 0 Å². The lowest BCUT2D eigenvalue weighted by molar-refractivity contribution is -0.137. The van der Waals surface area contributed by atoms with E-state index in [2.05, 4.69) is 21.2 Å². The molecule has 0 bridgehead atoms. The van der Waals surface area contributed by atoms with Crippen LogP contribution in [0.5, 0.6) is 5.75 Å². The van der Waals surface area contributed by atoms with Gasteiger partial charge in [-0.3, -0.25) is 4.79 Å². The molecule has 0 spiro atoms. The maximum absolute atomic E-state index is 12.6. The highest BCUT2D eigenvalue weighted by Gasteiger charge is 2.30. The van der Waals surface area contributed by atoms with E-state index in [-0.39, 0.29) is 24.8 Å². The van der Waals surface area contributed by atoms with E-state index < -0.39 is 11.7 Å². The van der Waals surface area contributed by atoms with Crippen molar-refractivity contribution in [1.82, 2.24) is 5.32 Å². The average Bonchev–Trinajstić information content (AvgIpc) is 2.51. The molecule has 1 N–H and O–H groups in total. The summed E-state index contributed by atoms with van der Waals surface area (Å²) in [7, 11) is 0. The maximum Gasteiger partial charge on any atom is 0.416 e. The van der Waals surface area contributed by atoms with Crippen molar-refractivity contribution in [1.29, 1.82) is 0 Å². The van der Waals surface area contributed by atoms with Crippen LogP contribution in [0.2, 0.25) is 0 Å². The third-order valence-electron chi connectivity index (χ3n) is 2.90. The first-order chi connectivity index (χ1) is 10.9. The molecule has 2 rings (SSSR count). The van der Waals surface area contributed by atoms with Crippen LogP contribution in [0.25, 0.3) is 0 Å². The first-order valence-corrected chi connectivity index (χ1v) is 7.49. The van der Waals surface area contributed by atoms with Gasteiger partial charge in [-0.2, -0.15) is 13.2 Å². The summed E-state index contributed by atoms with van der Waals surface area (Å²) < 4.78 is 43.7. The molecule has 0 fully saturated rings. The standard InChI is InChI=1S/C16H13BrF3NO2/c17-13-5-1-3-11(9-13)15(22)21-7-8-23-14-6-2-4-12(10-14)16(18,19)20/h1-6,9-10H,7-8H2,(H,21,22). The molecule has 0 aliphatic carbocycles. The third kappa shape index (κ3) is 5.28. The van der Waals surface area contributed by atoms with Gasteiger partial charge in [0.1, 0.15) is 12.4 Å². The van der Waals surface area contributed by atoms with Crippen molar-refractivity contribution in [2.45, 2.75) is 6.18 Å². The number of ether oxygens (including phenoxy) is 1. The Balaban J connectivity index is 1.83. The molecule has 0 unspecified atom stereocenters. The molecule has 1 amide bonds. The van der Waals surface area contributed by atoms with Crippen LogP contribution < -0.4 is 10.1 Å². The van der Waals surface area contributed by atoms with Gasteiger partial charge in [0.2, 0.25) is 0 Å². The molecular weight excluding hydrogens is 375 g/mol. The van der Waals surface area contributed by atoms with E-state index in [1.165, 1.54) is 12.1 Å². The number of rotatable bonds is 5. The predicted octanol–water partition coefficient (Wildman–Crippen LogP) is 4.28. The number of hydrogen-bond donors (Lipinski definition) is 1. The molecule has 0 heterocycles. The molecule has 23 heavy (non-hydrogen) atoms. The van der Waals surface area contributed by atoms with Crippen molar-refractivity contribution in [2.75, 3.05) is 13.2 Å². The van der Waals surface area contributed by atoms with Crippen LogP contribution in [0.1, 0.15) is 15.9 Å². The van der Waals surface area contributed by atoms with Gasteiger partial charge >= 0.3 is 6.18 Å². The van der Waals surface area contributed by atoms with Crippen molar-refractivity contribution in [3.8, 4) is 5.75 Å².